The van der Waals surface area contributed by atoms with Crippen LogP contribution < -0.4 is 76.5 Å². The van der Waals surface area contributed by atoms with Crippen LogP contribution in [-0.4, -0.2) is 173 Å². The van der Waals surface area contributed by atoms with E-state index < -0.39 is 122 Å². The highest BCUT2D eigenvalue weighted by molar-refractivity contribution is 5.96. The first-order valence-electron chi connectivity index (χ1n) is 22.0. The largest absolute Gasteiger partial charge is 0.480 e. The summed E-state index contributed by atoms with van der Waals surface area (Å²) in [6, 6.07) is 0.722. The number of benzene rings is 1. The number of H-pyrrole nitrogens is 1. The number of aromatic amines is 1. The van der Waals surface area contributed by atoms with E-state index in [4.69, 9.17) is 28.7 Å². The Balaban J connectivity index is 2.08. The number of guanidine groups is 2. The zero-order valence-electron chi connectivity index (χ0n) is 38.9. The van der Waals surface area contributed by atoms with Crippen molar-refractivity contribution in [2.45, 2.75) is 81.7 Å². The molecule has 0 spiro atoms. The highest BCUT2D eigenvalue weighted by Crippen LogP contribution is 2.05. The third kappa shape index (κ3) is 23.9. The lowest BCUT2D eigenvalue weighted by molar-refractivity contribution is -0.143. The number of carboxylic acids is 1. The second kappa shape index (κ2) is 31.6. The Bertz CT molecular complexity index is 2170. The number of aliphatic imine (C=N–C) groups is 2. The number of aliphatic hydroxyl groups excluding tert-OH is 1. The monoisotopic (exact) mass is 1000 g/mol. The van der Waals surface area contributed by atoms with Gasteiger partial charge in [-0.05, 0) is 38.2 Å². The zero-order chi connectivity index (χ0) is 52.9. The summed E-state index contributed by atoms with van der Waals surface area (Å²) in [7, 11) is 0. The maximum atomic E-state index is 13.5. The first kappa shape index (κ1) is 58.7. The summed E-state index contributed by atoms with van der Waals surface area (Å²) in [5.41, 5.74) is 28.0. The van der Waals surface area contributed by atoms with Gasteiger partial charge >= 0.3 is 5.97 Å². The Hall–Kier alpha value is -8.41. The Labute approximate surface area is 406 Å². The Kier molecular flexibility index (Phi) is 26.1. The van der Waals surface area contributed by atoms with Crippen LogP contribution >= 0.6 is 0 Å². The predicted octanol–water partition coefficient (Wildman–Crippen LogP) is -8.39. The lowest BCUT2D eigenvalue weighted by Crippen LogP contribution is -2.56. The molecule has 30 nitrogen and oxygen atoms in total. The van der Waals surface area contributed by atoms with E-state index in [0.29, 0.717) is 5.69 Å². The van der Waals surface area contributed by atoms with Crippen LogP contribution in [0.3, 0.4) is 0 Å². The molecule has 1 aromatic carbocycles. The number of nitrogens with two attached hydrogens (primary N) is 5. The van der Waals surface area contributed by atoms with Crippen molar-refractivity contribution in [3.05, 3.63) is 54.1 Å². The second-order valence-electron chi connectivity index (χ2n) is 15.5. The van der Waals surface area contributed by atoms with Crippen molar-refractivity contribution in [3.8, 4) is 0 Å². The molecule has 0 unspecified atom stereocenters. The minimum absolute atomic E-state index is 0.0353. The van der Waals surface area contributed by atoms with Gasteiger partial charge in [0.15, 0.2) is 11.9 Å². The molecule has 71 heavy (non-hydrogen) atoms. The fourth-order valence-electron chi connectivity index (χ4n) is 6.16. The molecule has 2 aromatic rings. The average molecular weight is 1000 g/mol. The van der Waals surface area contributed by atoms with E-state index in [1.54, 1.807) is 30.3 Å². The van der Waals surface area contributed by atoms with Gasteiger partial charge in [0.2, 0.25) is 53.2 Å². The van der Waals surface area contributed by atoms with Gasteiger partial charge < -0.3 is 91.7 Å². The number of amides is 9. The summed E-state index contributed by atoms with van der Waals surface area (Å²) >= 11 is 0. The van der Waals surface area contributed by atoms with Gasteiger partial charge in [-0.25, -0.2) is 9.78 Å². The number of aliphatic carboxylic acids is 1. The first-order valence-corrected chi connectivity index (χ1v) is 22.0. The summed E-state index contributed by atoms with van der Waals surface area (Å²) < 4.78 is 0. The molecule has 6 atom stereocenters. The lowest BCUT2D eigenvalue weighted by Gasteiger charge is -2.22. The van der Waals surface area contributed by atoms with Gasteiger partial charge in [-0.2, -0.15) is 0 Å². The van der Waals surface area contributed by atoms with E-state index in [-0.39, 0.29) is 70.1 Å². The molecule has 1 aromatic heterocycles. The van der Waals surface area contributed by atoms with Crippen LogP contribution in [0, 0.1) is 0 Å². The average Bonchev–Trinajstić information content (AvgIpc) is 3.85. The van der Waals surface area contributed by atoms with Crippen LogP contribution in [0.1, 0.15) is 43.9 Å². The number of carbonyl (C=O) groups is 10. The minimum Gasteiger partial charge on any atom is -0.480 e. The molecule has 0 aliphatic carbocycles. The van der Waals surface area contributed by atoms with Crippen LogP contribution in [-0.2, 0) is 60.8 Å². The van der Waals surface area contributed by atoms with Crippen LogP contribution in [0.4, 0.5) is 0 Å². The summed E-state index contributed by atoms with van der Waals surface area (Å²) in [5.74, 6) is -9.42. The highest BCUT2D eigenvalue weighted by Gasteiger charge is 2.29. The van der Waals surface area contributed by atoms with Crippen LogP contribution in [0.25, 0.3) is 0 Å². The van der Waals surface area contributed by atoms with Crippen molar-refractivity contribution in [1.29, 1.82) is 0 Å². The van der Waals surface area contributed by atoms with Crippen LogP contribution in [0.2, 0.25) is 0 Å². The molecule has 0 saturated heterocycles. The molecule has 22 N–H and O–H groups in total. The van der Waals surface area contributed by atoms with Crippen LogP contribution in [0.15, 0.2) is 52.8 Å². The quantitative estimate of drug-likeness (QED) is 0.0184. The Morgan fingerprint density at radius 1 is 0.606 bits per heavy atom. The molecular weight excluding hydrogens is 937 g/mol. The molecule has 390 valence electrons. The standard InChI is InChI=1S/C41H64N18O12/c1-22(54-31(62)17-51-36(67)27(57-30(61)15-42)13-23-7-3-2-4-8-23)34(65)58-28(14-24-16-47-21-53-24)37(68)52-19-32(63)55-25(9-5-11-48-40(43)44)35(66)50-18-33(64)56-26(10-6-12-49-41(45)46)38(69)59-29(20-60)39(70)71/h2-4,7-8,16,21-22,25-29,60H,5-6,9-15,17-20,42H2,1H3,(H,47,53)(H,50,66)(H,51,67)(H,52,68)(H,54,62)(H,55,63)(H,56,64)(H,57,61)(H,58,65)(H,59,69)(H,70,71)(H4,43,44,48)(H4,45,46,49)/t22-,25-,26-,27-,28-,29-/m0/s1. The molecule has 1 heterocycles. The number of rotatable bonds is 32. The van der Waals surface area contributed by atoms with Gasteiger partial charge in [-0.1, -0.05) is 30.3 Å². The van der Waals surface area contributed by atoms with Crippen molar-refractivity contribution in [2.75, 3.05) is 45.9 Å². The molecule has 0 aliphatic rings. The van der Waals surface area contributed by atoms with Gasteiger partial charge in [-0.15, -0.1) is 0 Å². The Morgan fingerprint density at radius 3 is 1.54 bits per heavy atom. The van der Waals surface area contributed by atoms with E-state index in [2.05, 4.69) is 67.8 Å². The molecule has 30 heteroatoms. The number of carbonyl (C=O) groups excluding carboxylic acids is 9. The number of hydrogen-bond acceptors (Lipinski definition) is 15. The Morgan fingerprint density at radius 2 is 1.07 bits per heavy atom. The number of aliphatic hydroxyl groups is 1. The van der Waals surface area contributed by atoms with Crippen LogP contribution in [0.5, 0.6) is 0 Å². The number of hydrogen-bond donors (Lipinski definition) is 17. The molecule has 9 amide bonds. The first-order chi connectivity index (χ1) is 33.7. The molecular formula is C41H64N18O12. The topological polar surface area (TPSA) is 503 Å². The fourth-order valence-corrected chi connectivity index (χ4v) is 6.16. The third-order valence-electron chi connectivity index (χ3n) is 9.76. The van der Waals surface area contributed by atoms with Gasteiger partial charge in [0.25, 0.3) is 0 Å². The van der Waals surface area contributed by atoms with Crippen molar-refractivity contribution < 1.29 is 58.2 Å². The summed E-state index contributed by atoms with van der Waals surface area (Å²) in [5, 5.41) is 40.1. The van der Waals surface area contributed by atoms with E-state index in [1.165, 1.54) is 19.4 Å². The molecule has 0 saturated carbocycles. The fraction of sp³-hybridized carbons (Fsp3) is 0.488. The molecule has 0 radical (unpaired) electrons. The zero-order valence-corrected chi connectivity index (χ0v) is 38.9. The summed E-state index contributed by atoms with van der Waals surface area (Å²) in [6.45, 7) is -1.97. The van der Waals surface area contributed by atoms with Gasteiger partial charge in [-0.3, -0.25) is 53.1 Å². The number of nitrogens with one attached hydrogen (secondary N) is 10. The lowest BCUT2D eigenvalue weighted by atomic mass is 10.1. The highest BCUT2D eigenvalue weighted by atomic mass is 16.4. The van der Waals surface area contributed by atoms with Gasteiger partial charge in [0.05, 0.1) is 39.1 Å². The number of carboxylic acid groups (broad SMARTS) is 1. The summed E-state index contributed by atoms with van der Waals surface area (Å²) in [4.78, 5) is 143. The number of aromatic nitrogens is 2. The van der Waals surface area contributed by atoms with E-state index in [9.17, 15) is 58.2 Å². The molecule has 2 rings (SSSR count). The van der Waals surface area contributed by atoms with Crippen molar-refractivity contribution in [3.63, 3.8) is 0 Å². The van der Waals surface area contributed by atoms with E-state index in [0.717, 1.165) is 5.56 Å². The maximum absolute atomic E-state index is 13.5. The molecule has 0 aliphatic heterocycles. The predicted molar refractivity (Wildman–Crippen MR) is 252 cm³/mol. The third-order valence-corrected chi connectivity index (χ3v) is 9.76. The summed E-state index contributed by atoms with van der Waals surface area (Å²) in [6.07, 6.45) is 2.77. The molecule has 0 fully saturated rings. The smallest absolute Gasteiger partial charge is 0.328 e. The molecule has 0 bridgehead atoms. The van der Waals surface area contributed by atoms with Gasteiger partial charge in [0.1, 0.15) is 36.3 Å². The maximum Gasteiger partial charge on any atom is 0.328 e. The van der Waals surface area contributed by atoms with E-state index >= 15 is 0 Å². The van der Waals surface area contributed by atoms with Crippen molar-refractivity contribution in [2.24, 2.45) is 38.7 Å². The SMILES string of the molecule is C[C@H](NC(=O)CNC(=O)[C@H](Cc1ccccc1)NC(=O)CN)C(=O)N[C@@H](Cc1cnc[nH]1)C(=O)NCC(=O)N[C@@H](CCCN=C(N)N)C(=O)NCC(=O)N[C@@H](CCCN=C(N)N)C(=O)N[C@@H](CO)C(=O)O. The number of nitrogens with zero attached hydrogens (tertiary/aromatic N) is 3. The van der Waals surface area contributed by atoms with Crippen molar-refractivity contribution in [1.82, 2.24) is 57.8 Å². The number of imidazole rings is 1. The normalized spacial score (nSPS) is 13.1. The van der Waals surface area contributed by atoms with E-state index in [1.807, 2.05) is 0 Å². The minimum atomic E-state index is -1.68. The van der Waals surface area contributed by atoms with Crippen molar-refractivity contribution >= 4 is 71.1 Å². The van der Waals surface area contributed by atoms with Gasteiger partial charge in [0, 0.05) is 37.8 Å². The second-order valence-corrected chi connectivity index (χ2v) is 15.5.